The van der Waals surface area contributed by atoms with E-state index in [1.165, 1.54) is 6.21 Å². The first-order chi connectivity index (χ1) is 12.0. The highest BCUT2D eigenvalue weighted by Gasteiger charge is 2.05. The Balaban J connectivity index is 0.000000181. The van der Waals surface area contributed by atoms with Gasteiger partial charge in [-0.2, -0.15) is 5.10 Å². The Labute approximate surface area is 164 Å². The van der Waals surface area contributed by atoms with Crippen molar-refractivity contribution in [2.45, 2.75) is 0 Å². The number of nitrogens with zero attached hydrogens (tertiary/aromatic N) is 2. The lowest BCUT2D eigenvalue weighted by Crippen LogP contribution is -1.98. The smallest absolute Gasteiger partial charge is 0.106 e. The van der Waals surface area contributed by atoms with Crippen LogP contribution in [0.1, 0.15) is 5.56 Å². The van der Waals surface area contributed by atoms with Crippen molar-refractivity contribution in [1.82, 2.24) is 9.78 Å². The van der Waals surface area contributed by atoms with Crippen LogP contribution in [0.4, 0.5) is 0 Å². The van der Waals surface area contributed by atoms with Gasteiger partial charge in [0, 0.05) is 25.0 Å². The lowest BCUT2D eigenvalue weighted by molar-refractivity contribution is 0.770. The average molecular weight is 462 g/mol. The maximum atomic E-state index is 6.98. The molecule has 0 aliphatic rings. The first-order valence-electron chi connectivity index (χ1n) is 7.48. The fourth-order valence-electron chi connectivity index (χ4n) is 2.08. The van der Waals surface area contributed by atoms with E-state index in [0.717, 1.165) is 21.3 Å². The zero-order valence-corrected chi connectivity index (χ0v) is 16.8. The van der Waals surface area contributed by atoms with Crippen LogP contribution in [0.2, 0.25) is 0 Å². The van der Waals surface area contributed by atoms with E-state index < -0.39 is 0 Å². The van der Waals surface area contributed by atoms with Gasteiger partial charge in [-0.1, -0.05) is 60.7 Å². The van der Waals surface area contributed by atoms with E-state index in [2.05, 4.69) is 37.0 Å². The molecule has 3 aromatic rings. The van der Waals surface area contributed by atoms with Crippen molar-refractivity contribution in [3.63, 3.8) is 0 Å². The number of aryl methyl sites for hydroxylation is 1. The maximum absolute atomic E-state index is 6.98. The molecule has 0 amide bonds. The predicted molar refractivity (Wildman–Crippen MR) is 112 cm³/mol. The molecule has 2 aromatic carbocycles. The standard InChI is InChI=1S/C10H9BrN2.C9H9BrN2/c1-13-7-9(11)10(12-13)8-5-3-2-4-6-8;10-8(6-11)9(12)7-4-2-1-3-5-7/h2-7H,1H3;1-6,11H,12H2. The van der Waals surface area contributed by atoms with Gasteiger partial charge in [0.15, 0.2) is 0 Å². The van der Waals surface area contributed by atoms with Crippen molar-refractivity contribution < 1.29 is 0 Å². The number of nitrogens with one attached hydrogen (secondary N) is 1. The van der Waals surface area contributed by atoms with Gasteiger partial charge < -0.3 is 11.1 Å². The number of aromatic nitrogens is 2. The Morgan fingerprint density at radius 1 is 1.08 bits per heavy atom. The number of allylic oxidation sites excluding steroid dienone is 1. The summed E-state index contributed by atoms with van der Waals surface area (Å²) in [5, 5.41) is 11.3. The summed E-state index contributed by atoms with van der Waals surface area (Å²) >= 11 is 6.66. The number of hydrogen-bond donors (Lipinski definition) is 2. The Bertz CT molecular complexity index is 856. The van der Waals surface area contributed by atoms with E-state index in [9.17, 15) is 0 Å². The minimum atomic E-state index is 0.589. The van der Waals surface area contributed by atoms with Gasteiger partial charge in [0.2, 0.25) is 0 Å². The van der Waals surface area contributed by atoms with E-state index >= 15 is 0 Å². The first kappa shape index (κ1) is 19.1. The number of hydrogen-bond acceptors (Lipinski definition) is 3. The van der Waals surface area contributed by atoms with Gasteiger partial charge >= 0.3 is 0 Å². The molecule has 128 valence electrons. The van der Waals surface area contributed by atoms with Crippen LogP contribution in [-0.4, -0.2) is 16.0 Å². The van der Waals surface area contributed by atoms with Gasteiger partial charge in [-0.25, -0.2) is 0 Å². The van der Waals surface area contributed by atoms with Gasteiger partial charge in [-0.05, 0) is 37.4 Å². The first-order valence-corrected chi connectivity index (χ1v) is 9.07. The molecule has 6 heteroatoms. The second-order valence-electron chi connectivity index (χ2n) is 5.14. The minimum absolute atomic E-state index is 0.589. The Kier molecular flexibility index (Phi) is 7.16. The summed E-state index contributed by atoms with van der Waals surface area (Å²) in [6, 6.07) is 19.7. The van der Waals surface area contributed by atoms with Crippen molar-refractivity contribution in [2.24, 2.45) is 12.8 Å². The molecule has 0 fully saturated rings. The molecule has 25 heavy (non-hydrogen) atoms. The quantitative estimate of drug-likeness (QED) is 0.525. The number of rotatable bonds is 3. The molecule has 0 aliphatic heterocycles. The summed E-state index contributed by atoms with van der Waals surface area (Å²) in [7, 11) is 1.91. The zero-order chi connectivity index (χ0) is 18.2. The third-order valence-electron chi connectivity index (χ3n) is 3.30. The van der Waals surface area contributed by atoms with Crippen LogP contribution in [0.5, 0.6) is 0 Å². The van der Waals surface area contributed by atoms with Crippen LogP contribution in [0.15, 0.2) is 75.8 Å². The van der Waals surface area contributed by atoms with Crippen LogP contribution in [-0.2, 0) is 7.05 Å². The molecule has 0 spiro atoms. The highest BCUT2D eigenvalue weighted by Crippen LogP contribution is 2.25. The Morgan fingerprint density at radius 2 is 1.64 bits per heavy atom. The molecule has 1 heterocycles. The molecule has 3 N–H and O–H groups in total. The number of halogens is 2. The van der Waals surface area contributed by atoms with Gasteiger partial charge in [-0.3, -0.25) is 4.68 Å². The third-order valence-corrected chi connectivity index (χ3v) is 4.54. The van der Waals surface area contributed by atoms with Crippen molar-refractivity contribution in [3.8, 4) is 11.3 Å². The van der Waals surface area contributed by atoms with Crippen LogP contribution in [0, 0.1) is 5.41 Å². The van der Waals surface area contributed by atoms with E-state index in [0.29, 0.717) is 10.2 Å². The molecule has 3 rings (SSSR count). The van der Waals surface area contributed by atoms with Crippen molar-refractivity contribution in [3.05, 3.63) is 81.4 Å². The van der Waals surface area contributed by atoms with Crippen LogP contribution >= 0.6 is 31.9 Å². The van der Waals surface area contributed by atoms with Gasteiger partial charge in [-0.15, -0.1) is 0 Å². The largest absolute Gasteiger partial charge is 0.397 e. The fraction of sp³-hybridized carbons (Fsp3) is 0.0526. The van der Waals surface area contributed by atoms with Crippen molar-refractivity contribution >= 4 is 43.8 Å². The van der Waals surface area contributed by atoms with Crippen LogP contribution in [0.3, 0.4) is 0 Å². The van der Waals surface area contributed by atoms with E-state index in [4.69, 9.17) is 11.1 Å². The molecule has 0 atom stereocenters. The molecule has 0 aliphatic carbocycles. The van der Waals surface area contributed by atoms with Crippen LogP contribution in [0.25, 0.3) is 17.0 Å². The fourth-order valence-corrected chi connectivity index (χ4v) is 2.92. The topological polar surface area (TPSA) is 67.7 Å². The highest BCUT2D eigenvalue weighted by atomic mass is 79.9. The molecule has 0 saturated carbocycles. The number of benzene rings is 2. The third kappa shape index (κ3) is 5.41. The molecule has 0 radical (unpaired) electrons. The van der Waals surface area contributed by atoms with Gasteiger partial charge in [0.25, 0.3) is 0 Å². The maximum Gasteiger partial charge on any atom is 0.106 e. The second-order valence-corrected chi connectivity index (χ2v) is 6.85. The average Bonchev–Trinajstić information content (AvgIpc) is 3.00. The molecular weight excluding hydrogens is 444 g/mol. The predicted octanol–water partition coefficient (Wildman–Crippen LogP) is 5.21. The zero-order valence-electron chi connectivity index (χ0n) is 13.7. The van der Waals surface area contributed by atoms with Gasteiger partial charge in [0.05, 0.1) is 14.7 Å². The lowest BCUT2D eigenvalue weighted by Gasteiger charge is -2.01. The van der Waals surface area contributed by atoms with E-state index in [1.807, 2.05) is 73.9 Å². The van der Waals surface area contributed by atoms with Crippen molar-refractivity contribution in [2.75, 3.05) is 0 Å². The summed E-state index contributed by atoms with van der Waals surface area (Å²) in [6.07, 6.45) is 3.13. The molecule has 0 bridgehead atoms. The summed E-state index contributed by atoms with van der Waals surface area (Å²) in [6.45, 7) is 0. The summed E-state index contributed by atoms with van der Waals surface area (Å²) in [5.74, 6) is 0. The van der Waals surface area contributed by atoms with Crippen molar-refractivity contribution in [1.29, 1.82) is 5.41 Å². The second kappa shape index (κ2) is 9.34. The molecule has 0 saturated heterocycles. The normalized spacial score (nSPS) is 11.2. The Morgan fingerprint density at radius 3 is 2.12 bits per heavy atom. The minimum Gasteiger partial charge on any atom is -0.397 e. The van der Waals surface area contributed by atoms with Gasteiger partial charge in [0.1, 0.15) is 5.69 Å². The van der Waals surface area contributed by atoms with E-state index in [-0.39, 0.29) is 0 Å². The summed E-state index contributed by atoms with van der Waals surface area (Å²) < 4.78 is 3.43. The molecule has 0 unspecified atom stereocenters. The number of nitrogens with two attached hydrogens (primary N) is 1. The molecule has 4 nitrogen and oxygen atoms in total. The molecule has 1 aromatic heterocycles. The molecular formula is C19H18Br2N4. The SMILES string of the molecule is Cn1cc(Br)c(-c2ccccc2)n1.N=CC(Br)=C(N)c1ccccc1. The monoisotopic (exact) mass is 460 g/mol. The summed E-state index contributed by atoms with van der Waals surface area (Å²) in [5.41, 5.74) is 9.37. The van der Waals surface area contributed by atoms with E-state index in [1.54, 1.807) is 4.68 Å². The summed E-state index contributed by atoms with van der Waals surface area (Å²) in [4.78, 5) is 0. The highest BCUT2D eigenvalue weighted by molar-refractivity contribution is 9.12. The Hall–Kier alpha value is -2.18. The van der Waals surface area contributed by atoms with Crippen LogP contribution < -0.4 is 5.73 Å². The lowest BCUT2D eigenvalue weighted by atomic mass is 10.1.